The molecule has 0 aliphatic heterocycles. The zero-order chi connectivity index (χ0) is 23.5. The predicted molar refractivity (Wildman–Crippen MR) is 132 cm³/mol. The van der Waals surface area contributed by atoms with E-state index in [1.165, 1.54) is 0 Å². The summed E-state index contributed by atoms with van der Waals surface area (Å²) in [4.78, 5) is 21.4. The fraction of sp³-hybridized carbons (Fsp3) is 0.360. The van der Waals surface area contributed by atoms with E-state index in [0.29, 0.717) is 19.8 Å². The number of likely N-dealkylation sites (N-methyl/N-ethyl adjacent to an activating group) is 2. The number of anilines is 1. The molecule has 1 N–H and O–H groups in total. The van der Waals surface area contributed by atoms with Crippen LogP contribution in [0.25, 0.3) is 5.69 Å². The Balaban J connectivity index is 1.50. The van der Waals surface area contributed by atoms with Crippen LogP contribution in [-0.2, 0) is 0 Å². The molecule has 0 atom stereocenters. The minimum atomic E-state index is -0.214. The molecule has 0 saturated carbocycles. The first-order chi connectivity index (χ1) is 16.0. The smallest absolute Gasteiger partial charge is 0.297 e. The van der Waals surface area contributed by atoms with Crippen molar-refractivity contribution in [3.63, 3.8) is 0 Å². The highest BCUT2D eigenvalue weighted by atomic mass is 16.5. The van der Waals surface area contributed by atoms with Crippen molar-refractivity contribution in [1.29, 1.82) is 0 Å². The molecule has 0 aliphatic carbocycles. The lowest BCUT2D eigenvalue weighted by atomic mass is 10.3. The third kappa shape index (κ3) is 7.93. The van der Waals surface area contributed by atoms with Gasteiger partial charge in [0.2, 0.25) is 0 Å². The number of aromatic nitrogens is 2. The summed E-state index contributed by atoms with van der Waals surface area (Å²) < 4.78 is 13.1. The van der Waals surface area contributed by atoms with E-state index in [4.69, 9.17) is 9.47 Å². The number of benzene rings is 2. The largest absolute Gasteiger partial charge is 0.492 e. The molecule has 0 spiro atoms. The maximum atomic E-state index is 12.8. The average molecular weight is 452 g/mol. The number of para-hydroxylation sites is 1. The van der Waals surface area contributed by atoms with Gasteiger partial charge in [-0.05, 0) is 57.5 Å². The van der Waals surface area contributed by atoms with Gasteiger partial charge in [-0.2, -0.15) is 0 Å². The lowest BCUT2D eigenvalue weighted by Gasteiger charge is -2.19. The highest BCUT2D eigenvalue weighted by molar-refractivity contribution is 5.41. The molecule has 0 amide bonds. The van der Waals surface area contributed by atoms with E-state index in [1.54, 1.807) is 17.0 Å². The Kier molecular flexibility index (Phi) is 9.29. The molecule has 0 radical (unpaired) electrons. The van der Waals surface area contributed by atoms with Gasteiger partial charge in [-0.1, -0.05) is 18.2 Å². The molecular formula is C25H33N5O3. The Morgan fingerprint density at radius 3 is 2.30 bits per heavy atom. The van der Waals surface area contributed by atoms with E-state index in [2.05, 4.69) is 41.2 Å². The molecule has 3 aromatic rings. The third-order valence-electron chi connectivity index (χ3n) is 5.03. The Morgan fingerprint density at radius 2 is 1.58 bits per heavy atom. The number of hydrogen-bond acceptors (Lipinski definition) is 7. The maximum absolute atomic E-state index is 12.8. The van der Waals surface area contributed by atoms with Crippen molar-refractivity contribution in [2.45, 2.75) is 0 Å². The summed E-state index contributed by atoms with van der Waals surface area (Å²) in [6.07, 6.45) is 3.26. The fourth-order valence-electron chi connectivity index (χ4n) is 3.10. The minimum Gasteiger partial charge on any atom is -0.492 e. The van der Waals surface area contributed by atoms with E-state index in [0.717, 1.165) is 36.8 Å². The molecule has 2 aromatic carbocycles. The zero-order valence-corrected chi connectivity index (χ0v) is 19.6. The number of nitrogens with one attached hydrogen (secondary N) is 1. The van der Waals surface area contributed by atoms with Crippen LogP contribution in [0.2, 0.25) is 0 Å². The molecule has 0 unspecified atom stereocenters. The van der Waals surface area contributed by atoms with Crippen molar-refractivity contribution in [3.05, 3.63) is 77.3 Å². The molecule has 1 heterocycles. The van der Waals surface area contributed by atoms with Gasteiger partial charge in [-0.15, -0.1) is 0 Å². The van der Waals surface area contributed by atoms with Gasteiger partial charge < -0.3 is 24.6 Å². The molecule has 8 heteroatoms. The van der Waals surface area contributed by atoms with Crippen LogP contribution in [0.5, 0.6) is 11.5 Å². The van der Waals surface area contributed by atoms with Crippen LogP contribution >= 0.6 is 0 Å². The maximum Gasteiger partial charge on any atom is 0.297 e. The van der Waals surface area contributed by atoms with Gasteiger partial charge in [-0.25, -0.2) is 4.98 Å². The van der Waals surface area contributed by atoms with Crippen LogP contribution in [0.4, 0.5) is 5.82 Å². The second-order valence-corrected chi connectivity index (χ2v) is 7.99. The summed E-state index contributed by atoms with van der Waals surface area (Å²) in [6, 6.07) is 17.1. The first-order valence-corrected chi connectivity index (χ1v) is 11.1. The quantitative estimate of drug-likeness (QED) is 0.401. The van der Waals surface area contributed by atoms with Crippen molar-refractivity contribution >= 4 is 5.82 Å². The van der Waals surface area contributed by atoms with Gasteiger partial charge in [0.1, 0.15) is 24.7 Å². The molecule has 33 heavy (non-hydrogen) atoms. The molecule has 0 fully saturated rings. The Labute approximate surface area is 195 Å². The van der Waals surface area contributed by atoms with Crippen molar-refractivity contribution in [1.82, 2.24) is 19.4 Å². The van der Waals surface area contributed by atoms with Crippen LogP contribution in [0.3, 0.4) is 0 Å². The van der Waals surface area contributed by atoms with E-state index < -0.39 is 0 Å². The monoisotopic (exact) mass is 451 g/mol. The molecule has 8 nitrogen and oxygen atoms in total. The normalized spacial score (nSPS) is 11.1. The molecule has 3 rings (SSSR count). The lowest BCUT2D eigenvalue weighted by Crippen LogP contribution is -2.31. The standard InChI is InChI=1S/C25H33N5O3/c1-28(2)16-17-29(3)18-20-33-23-11-9-21(10-12-23)30-15-13-26-24(25(30)31)27-14-19-32-22-7-5-4-6-8-22/h4-13,15H,14,16-20H2,1-3H3,(H,26,27). The first kappa shape index (κ1) is 24.3. The molecular weight excluding hydrogens is 418 g/mol. The molecule has 0 saturated heterocycles. The van der Waals surface area contributed by atoms with Crippen LogP contribution in [0.15, 0.2) is 71.8 Å². The Hall–Kier alpha value is -3.36. The second kappa shape index (κ2) is 12.6. The SMILES string of the molecule is CN(C)CCN(C)CCOc1ccc(-n2ccnc(NCCOc3ccccc3)c2=O)cc1. The van der Waals surface area contributed by atoms with Gasteiger partial charge in [0, 0.05) is 37.7 Å². The van der Waals surface area contributed by atoms with Crippen LogP contribution < -0.4 is 20.3 Å². The van der Waals surface area contributed by atoms with Crippen molar-refractivity contribution in [3.8, 4) is 17.2 Å². The molecule has 0 aliphatic rings. The highest BCUT2D eigenvalue weighted by Gasteiger charge is 2.07. The predicted octanol–water partition coefficient (Wildman–Crippen LogP) is 2.60. The summed E-state index contributed by atoms with van der Waals surface area (Å²) in [5.41, 5.74) is 0.537. The van der Waals surface area contributed by atoms with Gasteiger partial charge in [0.05, 0.1) is 6.54 Å². The Morgan fingerprint density at radius 1 is 0.879 bits per heavy atom. The van der Waals surface area contributed by atoms with E-state index in [1.807, 2.05) is 54.6 Å². The average Bonchev–Trinajstić information content (AvgIpc) is 2.83. The highest BCUT2D eigenvalue weighted by Crippen LogP contribution is 2.14. The zero-order valence-electron chi connectivity index (χ0n) is 19.6. The van der Waals surface area contributed by atoms with Crippen molar-refractivity contribution < 1.29 is 9.47 Å². The summed E-state index contributed by atoms with van der Waals surface area (Å²) >= 11 is 0. The van der Waals surface area contributed by atoms with Crippen LogP contribution in [0.1, 0.15) is 0 Å². The minimum absolute atomic E-state index is 0.214. The number of nitrogens with zero attached hydrogens (tertiary/aromatic N) is 4. The van der Waals surface area contributed by atoms with Gasteiger partial charge in [0.15, 0.2) is 5.82 Å². The number of rotatable bonds is 13. The van der Waals surface area contributed by atoms with Crippen molar-refractivity contribution in [2.75, 3.05) is 65.9 Å². The summed E-state index contributed by atoms with van der Waals surface area (Å²) in [7, 11) is 6.23. The summed E-state index contributed by atoms with van der Waals surface area (Å²) in [6.45, 7) is 4.37. The second-order valence-electron chi connectivity index (χ2n) is 7.99. The van der Waals surface area contributed by atoms with Crippen molar-refractivity contribution in [2.24, 2.45) is 0 Å². The Bertz CT molecular complexity index is 1020. The lowest BCUT2D eigenvalue weighted by molar-refractivity contribution is 0.222. The van der Waals surface area contributed by atoms with Gasteiger partial charge in [-0.3, -0.25) is 9.36 Å². The van der Waals surface area contributed by atoms with Gasteiger partial charge >= 0.3 is 0 Å². The van der Waals surface area contributed by atoms with Gasteiger partial charge in [0.25, 0.3) is 5.56 Å². The number of ether oxygens (including phenoxy) is 2. The number of hydrogen-bond donors (Lipinski definition) is 1. The topological polar surface area (TPSA) is 71.9 Å². The molecule has 176 valence electrons. The molecule has 0 bridgehead atoms. The summed E-state index contributed by atoms with van der Waals surface area (Å²) in [5, 5.41) is 3.06. The van der Waals surface area contributed by atoms with E-state index in [9.17, 15) is 4.79 Å². The summed E-state index contributed by atoms with van der Waals surface area (Å²) in [5.74, 6) is 1.86. The van der Waals surface area contributed by atoms with Crippen LogP contribution in [-0.4, -0.2) is 79.9 Å². The molecule has 1 aromatic heterocycles. The van der Waals surface area contributed by atoms with E-state index >= 15 is 0 Å². The van der Waals surface area contributed by atoms with E-state index in [-0.39, 0.29) is 11.4 Å². The third-order valence-corrected chi connectivity index (χ3v) is 5.03. The first-order valence-electron chi connectivity index (χ1n) is 11.1. The fourth-order valence-corrected chi connectivity index (χ4v) is 3.10. The van der Waals surface area contributed by atoms with Crippen LogP contribution in [0, 0.1) is 0 Å².